The maximum Gasteiger partial charge on any atom is 0.251 e. The Hall–Kier alpha value is -2.01. The highest BCUT2D eigenvalue weighted by atomic mass is 35.5. The number of aryl methyl sites for hydroxylation is 2. The van der Waals surface area contributed by atoms with Crippen molar-refractivity contribution in [1.82, 2.24) is 15.2 Å². The summed E-state index contributed by atoms with van der Waals surface area (Å²) >= 11 is 5.75. The van der Waals surface area contributed by atoms with Crippen molar-refractivity contribution in [3.05, 3.63) is 40.3 Å². The van der Waals surface area contributed by atoms with Gasteiger partial charge < -0.3 is 5.73 Å². The van der Waals surface area contributed by atoms with Crippen LogP contribution in [0, 0.1) is 13.8 Å². The first kappa shape index (κ1) is 12.4. The van der Waals surface area contributed by atoms with Crippen molar-refractivity contribution < 1.29 is 4.79 Å². The molecule has 0 saturated carbocycles. The van der Waals surface area contributed by atoms with Crippen LogP contribution >= 0.6 is 11.6 Å². The Morgan fingerprint density at radius 1 is 1.17 bits per heavy atom. The number of carbonyl (C=O) groups excluding carboxylic acids is 1. The van der Waals surface area contributed by atoms with Crippen LogP contribution in [0.4, 0.5) is 0 Å². The molecule has 0 saturated heterocycles. The van der Waals surface area contributed by atoms with E-state index < -0.39 is 5.91 Å². The molecule has 0 aliphatic heterocycles. The lowest BCUT2D eigenvalue weighted by Crippen LogP contribution is -2.13. The van der Waals surface area contributed by atoms with Crippen LogP contribution in [0.3, 0.4) is 0 Å². The van der Waals surface area contributed by atoms with Crippen LogP contribution in [0.1, 0.15) is 21.7 Å². The molecule has 0 aliphatic rings. The standard InChI is InChI=1S/C12H11ClN4O/c1-6-3-8(4-7(2)15-6)10-5-9(12(14)18)11(13)17-16-10/h3-5H,1-2H3,(H2,14,18). The summed E-state index contributed by atoms with van der Waals surface area (Å²) in [6, 6.07) is 5.25. The zero-order valence-electron chi connectivity index (χ0n) is 9.94. The molecule has 0 radical (unpaired) electrons. The number of nitrogens with two attached hydrogens (primary N) is 1. The summed E-state index contributed by atoms with van der Waals surface area (Å²) in [5.74, 6) is -0.626. The van der Waals surface area contributed by atoms with Crippen LogP contribution in [-0.2, 0) is 0 Å². The molecular formula is C12H11ClN4O. The first-order valence-corrected chi connectivity index (χ1v) is 5.64. The van der Waals surface area contributed by atoms with Gasteiger partial charge in [-0.15, -0.1) is 10.2 Å². The highest BCUT2D eigenvalue weighted by Gasteiger charge is 2.12. The van der Waals surface area contributed by atoms with E-state index in [1.54, 1.807) is 0 Å². The van der Waals surface area contributed by atoms with E-state index in [2.05, 4.69) is 15.2 Å². The molecule has 0 atom stereocenters. The molecule has 0 bridgehead atoms. The van der Waals surface area contributed by atoms with Gasteiger partial charge in [-0.25, -0.2) is 0 Å². The van der Waals surface area contributed by atoms with Crippen LogP contribution in [0.25, 0.3) is 11.3 Å². The molecule has 2 rings (SSSR count). The molecule has 0 spiro atoms. The van der Waals surface area contributed by atoms with E-state index in [0.29, 0.717) is 5.69 Å². The van der Waals surface area contributed by atoms with Crippen molar-refractivity contribution in [2.45, 2.75) is 13.8 Å². The monoisotopic (exact) mass is 262 g/mol. The normalized spacial score (nSPS) is 10.4. The van der Waals surface area contributed by atoms with Gasteiger partial charge in [-0.3, -0.25) is 9.78 Å². The highest BCUT2D eigenvalue weighted by molar-refractivity contribution is 6.32. The molecule has 0 aliphatic carbocycles. The second-order valence-corrected chi connectivity index (χ2v) is 4.29. The van der Waals surface area contributed by atoms with Gasteiger partial charge in [-0.05, 0) is 32.0 Å². The van der Waals surface area contributed by atoms with Crippen molar-refractivity contribution in [3.63, 3.8) is 0 Å². The molecule has 5 nitrogen and oxygen atoms in total. The predicted octanol–water partition coefficient (Wildman–Crippen LogP) is 1.91. The first-order chi connectivity index (χ1) is 8.47. The summed E-state index contributed by atoms with van der Waals surface area (Å²) in [6.07, 6.45) is 0. The van der Waals surface area contributed by atoms with E-state index in [1.807, 2.05) is 26.0 Å². The quantitative estimate of drug-likeness (QED) is 0.896. The summed E-state index contributed by atoms with van der Waals surface area (Å²) in [6.45, 7) is 3.77. The zero-order chi connectivity index (χ0) is 13.3. The summed E-state index contributed by atoms with van der Waals surface area (Å²) in [7, 11) is 0. The number of carbonyl (C=O) groups is 1. The second kappa shape index (κ2) is 4.70. The summed E-state index contributed by atoms with van der Waals surface area (Å²) in [5.41, 5.74) is 8.47. The lowest BCUT2D eigenvalue weighted by molar-refractivity contribution is 0.1000. The first-order valence-electron chi connectivity index (χ1n) is 5.26. The maximum absolute atomic E-state index is 11.2. The SMILES string of the molecule is Cc1cc(-c2cc(C(N)=O)c(Cl)nn2)cc(C)n1. The van der Waals surface area contributed by atoms with Gasteiger partial charge in [0.25, 0.3) is 5.91 Å². The lowest BCUT2D eigenvalue weighted by atomic mass is 10.1. The Morgan fingerprint density at radius 2 is 1.78 bits per heavy atom. The summed E-state index contributed by atoms with van der Waals surface area (Å²) < 4.78 is 0. The zero-order valence-corrected chi connectivity index (χ0v) is 10.7. The largest absolute Gasteiger partial charge is 0.366 e. The van der Waals surface area contributed by atoms with Crippen molar-refractivity contribution in [2.24, 2.45) is 5.73 Å². The van der Waals surface area contributed by atoms with Crippen molar-refractivity contribution in [3.8, 4) is 11.3 Å². The molecule has 0 aromatic carbocycles. The number of halogens is 1. The third-order valence-electron chi connectivity index (χ3n) is 2.39. The molecule has 1 amide bonds. The number of nitrogens with zero attached hydrogens (tertiary/aromatic N) is 3. The third kappa shape index (κ3) is 2.46. The Kier molecular flexibility index (Phi) is 3.25. The van der Waals surface area contributed by atoms with Gasteiger partial charge in [0.1, 0.15) is 0 Å². The van der Waals surface area contributed by atoms with Crippen LogP contribution in [0.2, 0.25) is 5.15 Å². The predicted molar refractivity (Wildman–Crippen MR) is 68.3 cm³/mol. The minimum Gasteiger partial charge on any atom is -0.366 e. The minimum absolute atomic E-state index is 0.00810. The summed E-state index contributed by atoms with van der Waals surface area (Å²) in [5, 5.41) is 7.69. The van der Waals surface area contributed by atoms with E-state index in [0.717, 1.165) is 17.0 Å². The van der Waals surface area contributed by atoms with Gasteiger partial charge >= 0.3 is 0 Å². The fourth-order valence-corrected chi connectivity index (χ4v) is 1.86. The van der Waals surface area contributed by atoms with E-state index in [4.69, 9.17) is 17.3 Å². The number of amides is 1. The number of aromatic nitrogens is 3. The van der Waals surface area contributed by atoms with Crippen LogP contribution in [0.5, 0.6) is 0 Å². The fraction of sp³-hybridized carbons (Fsp3) is 0.167. The lowest BCUT2D eigenvalue weighted by Gasteiger charge is -2.05. The van der Waals surface area contributed by atoms with E-state index in [1.165, 1.54) is 6.07 Å². The van der Waals surface area contributed by atoms with Crippen LogP contribution < -0.4 is 5.73 Å². The number of hydrogen-bond donors (Lipinski definition) is 1. The molecule has 2 aromatic heterocycles. The van der Waals surface area contributed by atoms with Crippen LogP contribution in [0.15, 0.2) is 18.2 Å². The second-order valence-electron chi connectivity index (χ2n) is 3.94. The molecule has 0 fully saturated rings. The molecular weight excluding hydrogens is 252 g/mol. The average Bonchev–Trinajstić information content (AvgIpc) is 2.27. The smallest absolute Gasteiger partial charge is 0.251 e. The molecule has 2 N–H and O–H groups in total. The molecule has 2 heterocycles. The number of primary amides is 1. The van der Waals surface area contributed by atoms with Crippen molar-refractivity contribution >= 4 is 17.5 Å². The van der Waals surface area contributed by atoms with E-state index in [-0.39, 0.29) is 10.7 Å². The number of pyridine rings is 1. The number of rotatable bonds is 2. The maximum atomic E-state index is 11.2. The van der Waals surface area contributed by atoms with E-state index in [9.17, 15) is 4.79 Å². The van der Waals surface area contributed by atoms with Gasteiger partial charge in [0.15, 0.2) is 5.15 Å². The van der Waals surface area contributed by atoms with Gasteiger partial charge in [-0.1, -0.05) is 11.6 Å². The Bertz CT molecular complexity index is 607. The molecule has 18 heavy (non-hydrogen) atoms. The van der Waals surface area contributed by atoms with Gasteiger partial charge in [0, 0.05) is 17.0 Å². The average molecular weight is 263 g/mol. The molecule has 2 aromatic rings. The Labute approximate surface area is 109 Å². The third-order valence-corrected chi connectivity index (χ3v) is 2.67. The van der Waals surface area contributed by atoms with Crippen LogP contribution in [-0.4, -0.2) is 21.1 Å². The minimum atomic E-state index is -0.626. The topological polar surface area (TPSA) is 81.8 Å². The Morgan fingerprint density at radius 3 is 2.33 bits per heavy atom. The molecule has 0 unspecified atom stereocenters. The van der Waals surface area contributed by atoms with Gasteiger partial charge in [0.2, 0.25) is 0 Å². The van der Waals surface area contributed by atoms with Gasteiger partial charge in [0.05, 0.1) is 11.3 Å². The number of hydrogen-bond acceptors (Lipinski definition) is 4. The van der Waals surface area contributed by atoms with Gasteiger partial charge in [-0.2, -0.15) is 0 Å². The molecule has 92 valence electrons. The van der Waals surface area contributed by atoms with Crippen molar-refractivity contribution in [2.75, 3.05) is 0 Å². The van der Waals surface area contributed by atoms with E-state index >= 15 is 0 Å². The summed E-state index contributed by atoms with van der Waals surface area (Å²) in [4.78, 5) is 15.5. The highest BCUT2D eigenvalue weighted by Crippen LogP contribution is 2.21. The Balaban J connectivity index is 2.57. The molecule has 6 heteroatoms. The fourth-order valence-electron chi connectivity index (χ4n) is 1.67. The van der Waals surface area contributed by atoms with Crippen molar-refractivity contribution in [1.29, 1.82) is 0 Å².